The molecule has 1 atom stereocenters. The van der Waals surface area contributed by atoms with Crippen LogP contribution in [0.5, 0.6) is 0 Å². The van der Waals surface area contributed by atoms with Crippen molar-refractivity contribution in [2.45, 2.75) is 32.8 Å². The first-order valence-corrected chi connectivity index (χ1v) is 7.52. The quantitative estimate of drug-likeness (QED) is 0.836. The molecule has 2 saturated heterocycles. The molecule has 2 aliphatic heterocycles. The number of ether oxygens (including phenoxy) is 1. The highest BCUT2D eigenvalue weighted by Crippen LogP contribution is 2.15. The molecule has 1 unspecified atom stereocenters. The number of amides is 2. The summed E-state index contributed by atoms with van der Waals surface area (Å²) in [6.07, 6.45) is 2.73. The van der Waals surface area contributed by atoms with Gasteiger partial charge in [0.05, 0.1) is 12.7 Å². The van der Waals surface area contributed by atoms with Crippen molar-refractivity contribution < 1.29 is 9.53 Å². The molecule has 0 aromatic heterocycles. The van der Waals surface area contributed by atoms with Gasteiger partial charge in [0.2, 0.25) is 0 Å². The second kappa shape index (κ2) is 7.10. The first kappa shape index (κ1) is 14.6. The lowest BCUT2D eigenvalue weighted by atomic mass is 9.99. The summed E-state index contributed by atoms with van der Waals surface area (Å²) in [5, 5.41) is 3.02. The van der Waals surface area contributed by atoms with E-state index < -0.39 is 0 Å². The largest absolute Gasteiger partial charge is 0.375 e. The van der Waals surface area contributed by atoms with Crippen molar-refractivity contribution in [1.29, 1.82) is 0 Å². The molecule has 5 nitrogen and oxygen atoms in total. The van der Waals surface area contributed by atoms with Gasteiger partial charge in [-0.25, -0.2) is 4.79 Å². The minimum atomic E-state index is 0.0560. The molecule has 0 aliphatic carbocycles. The summed E-state index contributed by atoms with van der Waals surface area (Å²) in [6, 6.07) is 0.0560. The van der Waals surface area contributed by atoms with Crippen LogP contribution < -0.4 is 5.32 Å². The van der Waals surface area contributed by atoms with E-state index in [0.717, 1.165) is 19.0 Å². The number of piperidine rings is 1. The molecule has 1 N–H and O–H groups in total. The van der Waals surface area contributed by atoms with E-state index in [4.69, 9.17) is 4.74 Å². The van der Waals surface area contributed by atoms with Crippen LogP contribution in [0.1, 0.15) is 26.7 Å². The fourth-order valence-corrected chi connectivity index (χ4v) is 2.72. The van der Waals surface area contributed by atoms with Crippen molar-refractivity contribution in [3.8, 4) is 0 Å². The van der Waals surface area contributed by atoms with Crippen molar-refractivity contribution in [2.75, 3.05) is 45.9 Å². The molecule has 0 saturated carbocycles. The van der Waals surface area contributed by atoms with Crippen LogP contribution >= 0.6 is 0 Å². The topological polar surface area (TPSA) is 44.8 Å². The third kappa shape index (κ3) is 4.66. The zero-order valence-electron chi connectivity index (χ0n) is 12.2. The van der Waals surface area contributed by atoms with Gasteiger partial charge in [0, 0.05) is 26.2 Å². The Morgan fingerprint density at radius 1 is 1.26 bits per heavy atom. The lowest BCUT2D eigenvalue weighted by Crippen LogP contribution is -2.50. The van der Waals surface area contributed by atoms with Crippen molar-refractivity contribution in [2.24, 2.45) is 5.92 Å². The summed E-state index contributed by atoms with van der Waals surface area (Å²) in [4.78, 5) is 16.3. The van der Waals surface area contributed by atoms with Crippen molar-refractivity contribution in [3.05, 3.63) is 0 Å². The van der Waals surface area contributed by atoms with Gasteiger partial charge < -0.3 is 19.9 Å². The predicted octanol–water partition coefficient (Wildman–Crippen LogP) is 1.15. The summed E-state index contributed by atoms with van der Waals surface area (Å²) in [6.45, 7) is 10.4. The number of likely N-dealkylation sites (tertiary alicyclic amines) is 1. The van der Waals surface area contributed by atoms with Gasteiger partial charge in [-0.3, -0.25) is 0 Å². The number of carbonyl (C=O) groups is 1. The average Bonchev–Trinajstić information content (AvgIpc) is 2.41. The highest BCUT2D eigenvalue weighted by atomic mass is 16.5. The molecular formula is C14H27N3O2. The van der Waals surface area contributed by atoms with E-state index in [1.54, 1.807) is 0 Å². The molecule has 2 rings (SSSR count). The van der Waals surface area contributed by atoms with Crippen LogP contribution in [0.3, 0.4) is 0 Å². The number of hydrogen-bond donors (Lipinski definition) is 1. The highest BCUT2D eigenvalue weighted by Gasteiger charge is 2.21. The van der Waals surface area contributed by atoms with Gasteiger partial charge in [0.15, 0.2) is 0 Å². The Balaban J connectivity index is 1.61. The number of carbonyl (C=O) groups excluding carboxylic acids is 1. The van der Waals surface area contributed by atoms with Gasteiger partial charge in [-0.15, -0.1) is 0 Å². The lowest BCUT2D eigenvalue weighted by Gasteiger charge is -2.32. The van der Waals surface area contributed by atoms with E-state index >= 15 is 0 Å². The number of nitrogens with one attached hydrogen (secondary N) is 1. The Hall–Kier alpha value is -0.810. The fraction of sp³-hybridized carbons (Fsp3) is 0.929. The van der Waals surface area contributed by atoms with Crippen LogP contribution in [-0.2, 0) is 4.74 Å². The van der Waals surface area contributed by atoms with E-state index in [-0.39, 0.29) is 12.1 Å². The number of nitrogens with zero attached hydrogens (tertiary/aromatic N) is 2. The molecule has 0 spiro atoms. The molecule has 0 aromatic carbocycles. The molecule has 2 fully saturated rings. The van der Waals surface area contributed by atoms with Gasteiger partial charge in [0.1, 0.15) is 0 Å². The predicted molar refractivity (Wildman–Crippen MR) is 75.2 cm³/mol. The molecular weight excluding hydrogens is 242 g/mol. The van der Waals surface area contributed by atoms with Crippen LogP contribution in [-0.4, -0.2) is 67.8 Å². The molecule has 5 heteroatoms. The fourth-order valence-electron chi connectivity index (χ4n) is 2.72. The van der Waals surface area contributed by atoms with Crippen LogP contribution in [0.2, 0.25) is 0 Å². The second-order valence-corrected chi connectivity index (χ2v) is 5.88. The molecule has 2 heterocycles. The Labute approximate surface area is 116 Å². The summed E-state index contributed by atoms with van der Waals surface area (Å²) in [7, 11) is 0. The Bertz CT molecular complexity index is 290. The van der Waals surface area contributed by atoms with Crippen LogP contribution in [0, 0.1) is 5.92 Å². The van der Waals surface area contributed by atoms with Gasteiger partial charge in [0.25, 0.3) is 0 Å². The van der Waals surface area contributed by atoms with Crippen molar-refractivity contribution >= 4 is 6.03 Å². The molecule has 2 aliphatic rings. The maximum absolute atomic E-state index is 12.0. The monoisotopic (exact) mass is 269 g/mol. The third-order valence-corrected chi connectivity index (χ3v) is 4.11. The summed E-state index contributed by atoms with van der Waals surface area (Å²) >= 11 is 0. The Morgan fingerprint density at radius 3 is 2.68 bits per heavy atom. The number of urea groups is 1. The van der Waals surface area contributed by atoms with Crippen LogP contribution in [0.15, 0.2) is 0 Å². The zero-order valence-corrected chi connectivity index (χ0v) is 12.2. The SMILES string of the molecule is CC1CCN(CCNC(=O)N2CCOC(C)C2)CC1. The van der Waals surface area contributed by atoms with E-state index in [1.165, 1.54) is 25.9 Å². The van der Waals surface area contributed by atoms with Crippen molar-refractivity contribution in [3.63, 3.8) is 0 Å². The minimum absolute atomic E-state index is 0.0560. The average molecular weight is 269 g/mol. The lowest BCUT2D eigenvalue weighted by molar-refractivity contribution is -0.00353. The van der Waals surface area contributed by atoms with Gasteiger partial charge >= 0.3 is 6.03 Å². The molecule has 110 valence electrons. The van der Waals surface area contributed by atoms with Crippen LogP contribution in [0.25, 0.3) is 0 Å². The van der Waals surface area contributed by atoms with Gasteiger partial charge in [-0.2, -0.15) is 0 Å². The van der Waals surface area contributed by atoms with E-state index in [2.05, 4.69) is 17.1 Å². The first-order chi connectivity index (χ1) is 9.15. The summed E-state index contributed by atoms with van der Waals surface area (Å²) < 4.78 is 5.44. The maximum atomic E-state index is 12.0. The Morgan fingerprint density at radius 2 is 2.00 bits per heavy atom. The smallest absolute Gasteiger partial charge is 0.317 e. The molecule has 2 amide bonds. The maximum Gasteiger partial charge on any atom is 0.317 e. The Kier molecular flexibility index (Phi) is 5.45. The van der Waals surface area contributed by atoms with Gasteiger partial charge in [-0.1, -0.05) is 6.92 Å². The summed E-state index contributed by atoms with van der Waals surface area (Å²) in [5.74, 6) is 0.862. The molecule has 0 bridgehead atoms. The molecule has 0 radical (unpaired) electrons. The standard InChI is InChI=1S/C14H27N3O2/c1-12-3-6-16(7-4-12)8-5-15-14(18)17-9-10-19-13(2)11-17/h12-13H,3-11H2,1-2H3,(H,15,18). The normalized spacial score (nSPS) is 26.4. The van der Waals surface area contributed by atoms with Crippen LogP contribution in [0.4, 0.5) is 4.79 Å². The highest BCUT2D eigenvalue weighted by molar-refractivity contribution is 5.74. The minimum Gasteiger partial charge on any atom is -0.375 e. The van der Waals surface area contributed by atoms with E-state index in [0.29, 0.717) is 19.7 Å². The van der Waals surface area contributed by atoms with Crippen molar-refractivity contribution in [1.82, 2.24) is 15.1 Å². The molecule has 19 heavy (non-hydrogen) atoms. The number of hydrogen-bond acceptors (Lipinski definition) is 3. The second-order valence-electron chi connectivity index (χ2n) is 5.88. The number of rotatable bonds is 3. The van der Waals surface area contributed by atoms with E-state index in [1.807, 2.05) is 11.8 Å². The third-order valence-electron chi connectivity index (χ3n) is 4.11. The summed E-state index contributed by atoms with van der Waals surface area (Å²) in [5.41, 5.74) is 0. The van der Waals surface area contributed by atoms with Gasteiger partial charge in [-0.05, 0) is 38.8 Å². The first-order valence-electron chi connectivity index (χ1n) is 7.52. The number of morpholine rings is 1. The molecule has 0 aromatic rings. The van der Waals surface area contributed by atoms with E-state index in [9.17, 15) is 4.79 Å². The zero-order chi connectivity index (χ0) is 13.7.